The molecule has 0 amide bonds. The Kier molecular flexibility index (Phi) is 30.9. The van der Waals surface area contributed by atoms with Crippen LogP contribution in [-0.2, 0) is 32.7 Å². The predicted molar refractivity (Wildman–Crippen MR) is 183 cm³/mol. The summed E-state index contributed by atoms with van der Waals surface area (Å²) in [5, 5.41) is 0. The molecular weight excluding hydrogens is 593 g/mol. The molecule has 3 N–H and O–H groups in total. The molecule has 0 fully saturated rings. The van der Waals surface area contributed by atoms with Gasteiger partial charge in [0.2, 0.25) is 0 Å². The number of carbonyl (C=O) groups excluding carboxylic acids is 2. The van der Waals surface area contributed by atoms with Gasteiger partial charge in [0, 0.05) is 19.4 Å². The number of esters is 2. The van der Waals surface area contributed by atoms with Crippen molar-refractivity contribution >= 4 is 19.8 Å². The van der Waals surface area contributed by atoms with Crippen LogP contribution in [0.5, 0.6) is 0 Å². The van der Waals surface area contributed by atoms with E-state index in [9.17, 15) is 19.0 Å². The Labute approximate surface area is 274 Å². The molecule has 0 saturated heterocycles. The predicted octanol–water partition coefficient (Wildman–Crippen LogP) is 9.04. The summed E-state index contributed by atoms with van der Waals surface area (Å²) < 4.78 is 32.5. The Bertz CT molecular complexity index is 846. The summed E-state index contributed by atoms with van der Waals surface area (Å²) in [7, 11) is -4.37. The Morgan fingerprint density at radius 1 is 0.689 bits per heavy atom. The maximum absolute atomic E-state index is 12.5. The molecule has 0 aromatic heterocycles. The first kappa shape index (κ1) is 43.2. The zero-order valence-electron chi connectivity index (χ0n) is 28.3. The van der Waals surface area contributed by atoms with Crippen molar-refractivity contribution in [1.82, 2.24) is 0 Å². The molecule has 9 nitrogen and oxygen atoms in total. The van der Waals surface area contributed by atoms with Crippen LogP contribution in [0.3, 0.4) is 0 Å². The first-order valence-corrected chi connectivity index (χ1v) is 19.0. The Hall–Kier alpha value is -1.77. The molecule has 0 aliphatic rings. The maximum Gasteiger partial charge on any atom is 0.472 e. The van der Waals surface area contributed by atoms with Crippen LogP contribution in [0.4, 0.5) is 0 Å². The van der Waals surface area contributed by atoms with Crippen molar-refractivity contribution in [2.45, 2.75) is 148 Å². The lowest BCUT2D eigenvalue weighted by Gasteiger charge is -2.19. The molecule has 10 heteroatoms. The highest BCUT2D eigenvalue weighted by atomic mass is 31.2. The molecule has 0 saturated carbocycles. The Balaban J connectivity index is 4.29. The zero-order chi connectivity index (χ0) is 33.3. The van der Waals surface area contributed by atoms with Gasteiger partial charge in [-0.05, 0) is 44.9 Å². The van der Waals surface area contributed by atoms with Crippen molar-refractivity contribution in [3.63, 3.8) is 0 Å². The van der Waals surface area contributed by atoms with Crippen LogP contribution < -0.4 is 5.73 Å². The number of nitrogens with two attached hydrogens (primary N) is 1. The van der Waals surface area contributed by atoms with Gasteiger partial charge in [-0.2, -0.15) is 0 Å². The number of carbonyl (C=O) groups is 2. The third kappa shape index (κ3) is 32.0. The minimum atomic E-state index is -4.37. The molecule has 0 rings (SSSR count). The van der Waals surface area contributed by atoms with E-state index in [-0.39, 0.29) is 32.6 Å². The van der Waals surface area contributed by atoms with E-state index in [1.165, 1.54) is 38.5 Å². The molecule has 0 heterocycles. The SMILES string of the molecule is CC/C=C\C/C=C\C/C=C\CCCCCCCC(=O)O[C@H](COC(=O)CCCCCCCCCCC)COP(=O)(O)OCCN. The lowest BCUT2D eigenvalue weighted by molar-refractivity contribution is -0.161. The fourth-order valence-corrected chi connectivity index (χ4v) is 5.24. The van der Waals surface area contributed by atoms with Crippen LogP contribution in [0.1, 0.15) is 142 Å². The summed E-state index contributed by atoms with van der Waals surface area (Å²) in [6.45, 7) is 3.55. The monoisotopic (exact) mass is 657 g/mol. The maximum atomic E-state index is 12.5. The molecule has 262 valence electrons. The number of hydrogen-bond acceptors (Lipinski definition) is 8. The fraction of sp³-hybridized carbons (Fsp3) is 0.771. The van der Waals surface area contributed by atoms with Crippen molar-refractivity contribution in [3.05, 3.63) is 36.5 Å². The molecule has 2 atom stereocenters. The number of phosphoric ester groups is 1. The minimum absolute atomic E-state index is 0.0501. The molecule has 1 unspecified atom stereocenters. The summed E-state index contributed by atoms with van der Waals surface area (Å²) in [6, 6.07) is 0. The number of ether oxygens (including phenoxy) is 2. The molecule has 0 aliphatic carbocycles. The average Bonchev–Trinajstić information content (AvgIpc) is 3.02. The largest absolute Gasteiger partial charge is 0.472 e. The van der Waals surface area contributed by atoms with Gasteiger partial charge in [0.25, 0.3) is 0 Å². The molecule has 0 aromatic rings. The summed E-state index contributed by atoms with van der Waals surface area (Å²) in [6.07, 6.45) is 31.8. The van der Waals surface area contributed by atoms with Crippen molar-refractivity contribution in [2.24, 2.45) is 5.73 Å². The van der Waals surface area contributed by atoms with Gasteiger partial charge < -0.3 is 20.1 Å². The normalized spacial score (nSPS) is 14.0. The van der Waals surface area contributed by atoms with Crippen LogP contribution in [0.15, 0.2) is 36.5 Å². The Morgan fingerprint density at radius 2 is 1.22 bits per heavy atom. The topological polar surface area (TPSA) is 134 Å². The van der Waals surface area contributed by atoms with Crippen LogP contribution >= 0.6 is 7.82 Å². The lowest BCUT2D eigenvalue weighted by Crippen LogP contribution is -2.29. The lowest BCUT2D eigenvalue weighted by atomic mass is 10.1. The van der Waals surface area contributed by atoms with Crippen molar-refractivity contribution in [2.75, 3.05) is 26.4 Å². The second-order valence-corrected chi connectivity index (χ2v) is 12.8. The van der Waals surface area contributed by atoms with Crippen LogP contribution in [0, 0.1) is 0 Å². The summed E-state index contributed by atoms with van der Waals surface area (Å²) in [5.41, 5.74) is 5.31. The second-order valence-electron chi connectivity index (χ2n) is 11.4. The average molecular weight is 658 g/mol. The van der Waals surface area contributed by atoms with Crippen molar-refractivity contribution in [3.8, 4) is 0 Å². The van der Waals surface area contributed by atoms with Gasteiger partial charge in [0.1, 0.15) is 6.61 Å². The van der Waals surface area contributed by atoms with Crippen LogP contribution in [0.2, 0.25) is 0 Å². The van der Waals surface area contributed by atoms with E-state index >= 15 is 0 Å². The van der Waals surface area contributed by atoms with E-state index < -0.39 is 32.5 Å². The van der Waals surface area contributed by atoms with Gasteiger partial charge >= 0.3 is 19.8 Å². The van der Waals surface area contributed by atoms with E-state index in [0.717, 1.165) is 70.6 Å². The number of hydrogen-bond donors (Lipinski definition) is 2. The highest BCUT2D eigenvalue weighted by Crippen LogP contribution is 2.43. The number of phosphoric acid groups is 1. The van der Waals surface area contributed by atoms with Gasteiger partial charge in [-0.3, -0.25) is 18.6 Å². The third-order valence-corrected chi connectivity index (χ3v) is 8.02. The quantitative estimate of drug-likeness (QED) is 0.0314. The number of rotatable bonds is 32. The summed E-state index contributed by atoms with van der Waals surface area (Å²) >= 11 is 0. The minimum Gasteiger partial charge on any atom is -0.462 e. The molecule has 45 heavy (non-hydrogen) atoms. The van der Waals surface area contributed by atoms with Gasteiger partial charge in [-0.1, -0.05) is 121 Å². The first-order valence-electron chi connectivity index (χ1n) is 17.5. The van der Waals surface area contributed by atoms with Crippen molar-refractivity contribution in [1.29, 1.82) is 0 Å². The van der Waals surface area contributed by atoms with Gasteiger partial charge in [-0.15, -0.1) is 0 Å². The third-order valence-electron chi connectivity index (χ3n) is 7.04. The van der Waals surface area contributed by atoms with Crippen LogP contribution in [0.25, 0.3) is 0 Å². The molecule has 0 radical (unpaired) electrons. The van der Waals surface area contributed by atoms with Crippen LogP contribution in [-0.4, -0.2) is 49.3 Å². The van der Waals surface area contributed by atoms with E-state index in [0.29, 0.717) is 6.42 Å². The highest BCUT2D eigenvalue weighted by molar-refractivity contribution is 7.47. The number of unbranched alkanes of at least 4 members (excludes halogenated alkanes) is 13. The van der Waals surface area contributed by atoms with Gasteiger partial charge in [0.15, 0.2) is 6.10 Å². The van der Waals surface area contributed by atoms with Crippen molar-refractivity contribution < 1.29 is 37.6 Å². The Morgan fingerprint density at radius 3 is 1.82 bits per heavy atom. The first-order chi connectivity index (χ1) is 21.8. The molecule has 0 aliphatic heterocycles. The fourth-order valence-electron chi connectivity index (χ4n) is 4.47. The molecule has 0 spiro atoms. The molecule has 0 aromatic carbocycles. The number of allylic oxidation sites excluding steroid dienone is 6. The highest BCUT2D eigenvalue weighted by Gasteiger charge is 2.25. The van der Waals surface area contributed by atoms with E-state index in [1.807, 2.05) is 0 Å². The summed E-state index contributed by atoms with van der Waals surface area (Å²) in [4.78, 5) is 34.5. The summed E-state index contributed by atoms with van der Waals surface area (Å²) in [5.74, 6) is -0.855. The standard InChI is InChI=1S/C35H64NO8P/c1-3-5-7-9-11-13-14-15-16-17-18-20-22-24-26-28-35(38)44-33(32-43-45(39,40)42-30-29-36)31-41-34(37)27-25-23-21-19-12-10-8-6-4-2/h5,7,11,13,15-16,33H,3-4,6,8-10,12,14,17-32,36H2,1-2H3,(H,39,40)/b7-5-,13-11-,16-15-/t33-/m1/s1. The van der Waals surface area contributed by atoms with Gasteiger partial charge in [0.05, 0.1) is 13.2 Å². The van der Waals surface area contributed by atoms with E-state index in [4.69, 9.17) is 24.3 Å². The van der Waals surface area contributed by atoms with E-state index in [2.05, 4.69) is 50.3 Å². The second kappa shape index (κ2) is 32.2. The smallest absolute Gasteiger partial charge is 0.462 e. The van der Waals surface area contributed by atoms with Gasteiger partial charge in [-0.25, -0.2) is 4.57 Å². The molecule has 0 bridgehead atoms. The molecular formula is C35H64NO8P. The van der Waals surface area contributed by atoms with E-state index in [1.54, 1.807) is 0 Å². The zero-order valence-corrected chi connectivity index (χ0v) is 29.2.